The molecule has 4 unspecified atom stereocenters. The van der Waals surface area contributed by atoms with Crippen molar-refractivity contribution in [2.45, 2.75) is 76.6 Å². The van der Waals surface area contributed by atoms with Gasteiger partial charge in [0.15, 0.2) is 0 Å². The Labute approximate surface area is 235 Å². The van der Waals surface area contributed by atoms with E-state index >= 15 is 0 Å². The van der Waals surface area contributed by atoms with Crippen LogP contribution >= 0.6 is 0 Å². The lowest BCUT2D eigenvalue weighted by Crippen LogP contribution is -2.61. The number of carboxylic acids is 1. The summed E-state index contributed by atoms with van der Waals surface area (Å²) in [6, 6.07) is -1.47. The third-order valence-electron chi connectivity index (χ3n) is 7.60. The van der Waals surface area contributed by atoms with E-state index in [9.17, 15) is 51.2 Å². The number of hydrogen-bond acceptors (Lipinski definition) is 11. The first-order valence-electron chi connectivity index (χ1n) is 13.1. The van der Waals surface area contributed by atoms with Crippen molar-refractivity contribution in [3.8, 4) is 0 Å². The fraction of sp³-hybridized carbons (Fsp3) is 0.957. The molecular formula is C23H44N2O13S2. The van der Waals surface area contributed by atoms with E-state index in [2.05, 4.69) is 5.32 Å². The Kier molecular flexibility index (Phi) is 12.3. The van der Waals surface area contributed by atoms with Gasteiger partial charge < -0.3 is 35.2 Å². The van der Waals surface area contributed by atoms with Gasteiger partial charge in [-0.15, -0.1) is 0 Å². The molecule has 15 nitrogen and oxygen atoms in total. The molecule has 236 valence electrons. The summed E-state index contributed by atoms with van der Waals surface area (Å²) < 4.78 is 79.2. The van der Waals surface area contributed by atoms with E-state index in [0.717, 1.165) is 0 Å². The molecule has 2 aliphatic rings. The van der Waals surface area contributed by atoms with Gasteiger partial charge in [0.25, 0.3) is 10.1 Å². The van der Waals surface area contributed by atoms with Crippen LogP contribution in [0.15, 0.2) is 0 Å². The minimum atomic E-state index is -4.91. The molecule has 2 fully saturated rings. The number of ether oxygens (including phenoxy) is 2. The van der Waals surface area contributed by atoms with Crippen molar-refractivity contribution in [1.29, 1.82) is 0 Å². The number of carbonyl (C=O) groups is 1. The van der Waals surface area contributed by atoms with E-state index < -0.39 is 92.4 Å². The third-order valence-corrected chi connectivity index (χ3v) is 9.02. The number of hydrogen-bond donors (Lipinski definition) is 8. The van der Waals surface area contributed by atoms with Crippen LogP contribution in [0.1, 0.15) is 40.0 Å². The monoisotopic (exact) mass is 620 g/mol. The Morgan fingerprint density at radius 2 is 1.60 bits per heavy atom. The molecule has 2 rings (SSSR count). The lowest BCUT2D eigenvalue weighted by Gasteiger charge is -2.47. The Morgan fingerprint density at radius 1 is 0.975 bits per heavy atom. The van der Waals surface area contributed by atoms with E-state index in [1.54, 1.807) is 0 Å². The van der Waals surface area contributed by atoms with Gasteiger partial charge in [0.05, 0.1) is 48.7 Å². The number of nitrogens with one attached hydrogen (secondary N) is 2. The second-order valence-electron chi connectivity index (χ2n) is 12.0. The lowest BCUT2D eigenvalue weighted by molar-refractivity contribution is -0.173. The Hall–Kier alpha value is -0.990. The Bertz CT molecular complexity index is 1050. The topological polar surface area (TPSA) is 249 Å². The first-order chi connectivity index (χ1) is 18.2. The lowest BCUT2D eigenvalue weighted by atomic mass is 9.66. The highest BCUT2D eigenvalue weighted by molar-refractivity contribution is 7.85. The Morgan fingerprint density at radius 3 is 2.10 bits per heavy atom. The molecule has 8 N–H and O–H groups in total. The molecule has 0 amide bonds. The average molecular weight is 621 g/mol. The third kappa shape index (κ3) is 10.4. The maximum absolute atomic E-state index is 12.0. The van der Waals surface area contributed by atoms with E-state index in [-0.39, 0.29) is 31.3 Å². The molecule has 0 spiro atoms. The number of aliphatic hydroxyl groups is 3. The number of aliphatic hydroxyl groups excluding tert-OH is 3. The second kappa shape index (κ2) is 14.0. The van der Waals surface area contributed by atoms with Crippen LogP contribution in [0, 0.1) is 29.1 Å². The first kappa shape index (κ1) is 35.2. The zero-order valence-corrected chi connectivity index (χ0v) is 24.7. The molecule has 10 atom stereocenters. The summed E-state index contributed by atoms with van der Waals surface area (Å²) in [5.41, 5.74) is -0.0378. The summed E-state index contributed by atoms with van der Waals surface area (Å²) in [7, 11) is -8.25. The van der Waals surface area contributed by atoms with Crippen LogP contribution in [-0.2, 0) is 34.7 Å². The summed E-state index contributed by atoms with van der Waals surface area (Å²) in [6.45, 7) is 6.95. The van der Waals surface area contributed by atoms with Gasteiger partial charge in [-0.25, -0.2) is 0 Å². The quantitative estimate of drug-likeness (QED) is 0.0862. The van der Waals surface area contributed by atoms with Crippen LogP contribution in [0.2, 0.25) is 0 Å². The van der Waals surface area contributed by atoms with E-state index in [0.29, 0.717) is 13.1 Å². The molecular weight excluding hydrogens is 576 g/mol. The predicted octanol–water partition coefficient (Wildman–Crippen LogP) is -1.50. The van der Waals surface area contributed by atoms with Crippen LogP contribution in [-0.4, -0.2) is 121 Å². The smallest absolute Gasteiger partial charge is 0.333 e. The van der Waals surface area contributed by atoms with Crippen molar-refractivity contribution in [1.82, 2.24) is 10.0 Å². The highest BCUT2D eigenvalue weighted by Crippen LogP contribution is 2.42. The van der Waals surface area contributed by atoms with Crippen molar-refractivity contribution in [3.05, 3.63) is 0 Å². The fourth-order valence-corrected chi connectivity index (χ4v) is 7.40. The van der Waals surface area contributed by atoms with Gasteiger partial charge >= 0.3 is 16.3 Å². The molecule has 0 heterocycles. The molecule has 0 aromatic carbocycles. The first-order valence-corrected chi connectivity index (χ1v) is 16.1. The molecule has 0 saturated heterocycles. The van der Waals surface area contributed by atoms with Gasteiger partial charge in [0.2, 0.25) is 0 Å². The van der Waals surface area contributed by atoms with E-state index in [1.165, 1.54) is 7.11 Å². The summed E-state index contributed by atoms with van der Waals surface area (Å²) in [5.74, 6) is -6.61. The minimum Gasteiger partial charge on any atom is -0.481 e. The summed E-state index contributed by atoms with van der Waals surface area (Å²) in [6.07, 6.45) is -7.69. The van der Waals surface area contributed by atoms with Crippen LogP contribution in [0.5, 0.6) is 0 Å². The molecule has 40 heavy (non-hydrogen) atoms. The molecule has 0 aromatic heterocycles. The SMILES string of the molecule is CO[C@@H]1CC(C(=O)O)[C@H](C[C@@H]2CC(CS(=O)(=O)O)[C@H](OCCNCC(C)(C)C)[C@@H](O)C2NS(=O)(=O)O)[C@@H](O)C1O. The van der Waals surface area contributed by atoms with Gasteiger partial charge in [-0.2, -0.15) is 21.6 Å². The standard InChI is InChI=1S/C23H44N2O13S2/c1-23(2,3)11-24-5-6-38-21-13(10-39(31,32)33)7-12(17(20(21)28)25-40(34,35)36)8-14-15(22(29)30)9-16(37-4)19(27)18(14)26/h12-21,24-28H,5-11H2,1-4H3,(H,29,30)(H,31,32,33)(H,34,35,36)/t12-,13?,14-,15?,16+,17?,18+,19?,20-,21-/m0/s1. The number of methoxy groups -OCH3 is 1. The Balaban J connectivity index is 2.37. The highest BCUT2D eigenvalue weighted by atomic mass is 32.2. The van der Waals surface area contributed by atoms with Crippen molar-refractivity contribution in [3.63, 3.8) is 0 Å². The van der Waals surface area contributed by atoms with E-state index in [4.69, 9.17) is 9.47 Å². The maximum atomic E-state index is 12.0. The average Bonchev–Trinajstić information content (AvgIpc) is 2.78. The summed E-state index contributed by atoms with van der Waals surface area (Å²) in [5, 5.41) is 45.4. The maximum Gasteiger partial charge on any atom is 0.333 e. The van der Waals surface area contributed by atoms with E-state index in [1.807, 2.05) is 25.5 Å². The zero-order chi connectivity index (χ0) is 30.6. The van der Waals surface area contributed by atoms with Gasteiger partial charge in [-0.1, -0.05) is 20.8 Å². The van der Waals surface area contributed by atoms with Crippen LogP contribution < -0.4 is 10.0 Å². The van der Waals surface area contributed by atoms with Gasteiger partial charge in [0.1, 0.15) is 6.10 Å². The molecule has 2 saturated carbocycles. The van der Waals surface area contributed by atoms with Gasteiger partial charge in [0, 0.05) is 32.0 Å². The van der Waals surface area contributed by atoms with Crippen molar-refractivity contribution >= 4 is 26.4 Å². The zero-order valence-electron chi connectivity index (χ0n) is 23.1. The number of rotatable bonds is 13. The molecule has 17 heteroatoms. The van der Waals surface area contributed by atoms with Crippen LogP contribution in [0.25, 0.3) is 0 Å². The summed E-state index contributed by atoms with van der Waals surface area (Å²) >= 11 is 0. The van der Waals surface area contributed by atoms with Crippen molar-refractivity contribution < 1.29 is 60.6 Å². The molecule has 0 radical (unpaired) electrons. The predicted molar refractivity (Wildman–Crippen MR) is 141 cm³/mol. The van der Waals surface area contributed by atoms with Gasteiger partial charge in [-0.05, 0) is 30.6 Å². The minimum absolute atomic E-state index is 0.00390. The van der Waals surface area contributed by atoms with Crippen molar-refractivity contribution in [2.75, 3.05) is 32.6 Å². The van der Waals surface area contributed by atoms with Crippen LogP contribution in [0.4, 0.5) is 0 Å². The van der Waals surface area contributed by atoms with Crippen LogP contribution in [0.3, 0.4) is 0 Å². The summed E-state index contributed by atoms with van der Waals surface area (Å²) in [4.78, 5) is 12.0. The molecule has 0 bridgehead atoms. The second-order valence-corrected chi connectivity index (χ2v) is 14.7. The number of aliphatic carboxylic acids is 1. The normalized spacial score (nSPS) is 35.9. The molecule has 2 aliphatic carbocycles. The largest absolute Gasteiger partial charge is 0.481 e. The highest BCUT2D eigenvalue weighted by Gasteiger charge is 2.52. The molecule has 0 aliphatic heterocycles. The number of carboxylic acid groups (broad SMARTS) is 1. The van der Waals surface area contributed by atoms with Gasteiger partial charge in [-0.3, -0.25) is 13.9 Å². The fourth-order valence-electron chi connectivity index (χ4n) is 5.86. The molecule has 0 aromatic rings. The van der Waals surface area contributed by atoms with Crippen molar-refractivity contribution in [2.24, 2.45) is 29.1 Å².